The molecule has 1 aromatic heterocycles. The van der Waals surface area contributed by atoms with E-state index in [4.69, 9.17) is 0 Å². The molecule has 1 unspecified atom stereocenters. The van der Waals surface area contributed by atoms with Gasteiger partial charge >= 0.3 is 0 Å². The monoisotopic (exact) mass is 298 g/mol. The van der Waals surface area contributed by atoms with E-state index in [1.807, 2.05) is 0 Å². The van der Waals surface area contributed by atoms with Gasteiger partial charge in [0.25, 0.3) is 0 Å². The minimum Gasteiger partial charge on any atom is -0.396 e. The maximum Gasteiger partial charge on any atom is 0.234 e. The van der Waals surface area contributed by atoms with Gasteiger partial charge in [-0.15, -0.1) is 23.1 Å². The lowest BCUT2D eigenvalue weighted by Crippen LogP contribution is -2.28. The quantitative estimate of drug-likeness (QED) is 0.780. The molecule has 0 radical (unpaired) electrons. The third-order valence-corrected chi connectivity index (χ3v) is 6.43. The van der Waals surface area contributed by atoms with Crippen LogP contribution in [0.2, 0.25) is 0 Å². The third kappa shape index (κ3) is 2.81. The SMILES string of the molecule is CC(NCC1(CO)CC1)c1cc2c(s1)SCC(=O)N2. The van der Waals surface area contributed by atoms with Crippen LogP contribution in [0.15, 0.2) is 10.3 Å². The molecule has 0 saturated heterocycles. The molecule has 104 valence electrons. The van der Waals surface area contributed by atoms with Gasteiger partial charge in [0.1, 0.15) is 0 Å². The maximum atomic E-state index is 11.3. The zero-order chi connectivity index (χ0) is 13.5. The summed E-state index contributed by atoms with van der Waals surface area (Å²) in [5.74, 6) is 0.599. The summed E-state index contributed by atoms with van der Waals surface area (Å²) in [6.45, 7) is 3.28. The van der Waals surface area contributed by atoms with Crippen molar-refractivity contribution in [1.29, 1.82) is 0 Å². The van der Waals surface area contributed by atoms with Crippen LogP contribution in [-0.4, -0.2) is 29.9 Å². The Kier molecular flexibility index (Phi) is 3.59. The van der Waals surface area contributed by atoms with Crippen molar-refractivity contribution >= 4 is 34.7 Å². The first-order valence-electron chi connectivity index (χ1n) is 6.52. The lowest BCUT2D eigenvalue weighted by Gasteiger charge is -2.17. The number of thioether (sulfide) groups is 1. The summed E-state index contributed by atoms with van der Waals surface area (Å²) in [6, 6.07) is 2.33. The summed E-state index contributed by atoms with van der Waals surface area (Å²) in [4.78, 5) is 12.6. The highest BCUT2D eigenvalue weighted by Gasteiger charge is 2.41. The van der Waals surface area contributed by atoms with E-state index in [0.29, 0.717) is 5.75 Å². The summed E-state index contributed by atoms with van der Waals surface area (Å²) in [5, 5.41) is 15.7. The number of amides is 1. The predicted molar refractivity (Wildman–Crippen MR) is 78.8 cm³/mol. The molecule has 0 bridgehead atoms. The molecule has 6 heteroatoms. The van der Waals surface area contributed by atoms with Crippen LogP contribution in [0.1, 0.15) is 30.7 Å². The van der Waals surface area contributed by atoms with Crippen molar-refractivity contribution in [3.8, 4) is 0 Å². The smallest absolute Gasteiger partial charge is 0.234 e. The Morgan fingerprint density at radius 3 is 3.05 bits per heavy atom. The van der Waals surface area contributed by atoms with Gasteiger partial charge < -0.3 is 15.7 Å². The van der Waals surface area contributed by atoms with Gasteiger partial charge in [0, 0.05) is 29.5 Å². The number of nitrogens with one attached hydrogen (secondary N) is 2. The third-order valence-electron chi connectivity index (χ3n) is 3.83. The molecule has 0 spiro atoms. The molecular formula is C13H18N2O2S2. The Labute approximate surface area is 121 Å². The number of carbonyl (C=O) groups excluding carboxylic acids is 1. The van der Waals surface area contributed by atoms with Crippen LogP contribution in [0, 0.1) is 5.41 Å². The van der Waals surface area contributed by atoms with Crippen LogP contribution in [0.25, 0.3) is 0 Å². The van der Waals surface area contributed by atoms with Gasteiger partial charge in [-0.3, -0.25) is 4.79 Å². The van der Waals surface area contributed by atoms with Crippen molar-refractivity contribution < 1.29 is 9.90 Å². The van der Waals surface area contributed by atoms with E-state index in [-0.39, 0.29) is 24.0 Å². The normalized spacial score (nSPS) is 21.7. The van der Waals surface area contributed by atoms with Crippen LogP contribution in [-0.2, 0) is 4.79 Å². The zero-order valence-corrected chi connectivity index (χ0v) is 12.5. The maximum absolute atomic E-state index is 11.3. The van der Waals surface area contributed by atoms with Crippen LogP contribution < -0.4 is 10.6 Å². The van der Waals surface area contributed by atoms with Gasteiger partial charge in [-0.2, -0.15) is 0 Å². The zero-order valence-electron chi connectivity index (χ0n) is 10.9. The number of rotatable bonds is 5. The highest BCUT2D eigenvalue weighted by molar-refractivity contribution is 8.02. The number of carbonyl (C=O) groups is 1. The molecule has 0 aromatic carbocycles. The van der Waals surface area contributed by atoms with Crippen molar-refractivity contribution in [2.24, 2.45) is 5.41 Å². The first-order chi connectivity index (χ1) is 9.12. The molecule has 2 heterocycles. The molecule has 1 fully saturated rings. The minimum atomic E-state index is 0.0830. The van der Waals surface area contributed by atoms with E-state index in [9.17, 15) is 9.90 Å². The van der Waals surface area contributed by atoms with Crippen molar-refractivity contribution in [2.45, 2.75) is 30.0 Å². The Morgan fingerprint density at radius 2 is 2.37 bits per heavy atom. The van der Waals surface area contributed by atoms with E-state index in [2.05, 4.69) is 23.6 Å². The summed E-state index contributed by atoms with van der Waals surface area (Å²) < 4.78 is 1.20. The largest absolute Gasteiger partial charge is 0.396 e. The van der Waals surface area contributed by atoms with Gasteiger partial charge in [0.15, 0.2) is 0 Å². The van der Waals surface area contributed by atoms with Gasteiger partial charge in [0.2, 0.25) is 5.91 Å². The molecule has 2 aliphatic rings. The highest BCUT2D eigenvalue weighted by atomic mass is 32.2. The average molecular weight is 298 g/mol. The topological polar surface area (TPSA) is 61.4 Å². The van der Waals surface area contributed by atoms with Crippen molar-refractivity contribution in [3.63, 3.8) is 0 Å². The van der Waals surface area contributed by atoms with E-state index < -0.39 is 0 Å². The van der Waals surface area contributed by atoms with Crippen molar-refractivity contribution in [1.82, 2.24) is 5.32 Å². The molecule has 19 heavy (non-hydrogen) atoms. The van der Waals surface area contributed by atoms with Crippen molar-refractivity contribution in [2.75, 3.05) is 24.2 Å². The fourth-order valence-electron chi connectivity index (χ4n) is 2.16. The molecule has 1 atom stereocenters. The second kappa shape index (κ2) is 5.09. The van der Waals surface area contributed by atoms with E-state index >= 15 is 0 Å². The fraction of sp³-hybridized carbons (Fsp3) is 0.615. The summed E-state index contributed by atoms with van der Waals surface area (Å²) in [5.41, 5.74) is 1.09. The van der Waals surface area contributed by atoms with Crippen molar-refractivity contribution in [3.05, 3.63) is 10.9 Å². The van der Waals surface area contributed by atoms with E-state index in [0.717, 1.165) is 25.1 Å². The number of aliphatic hydroxyl groups is 1. The Hall–Kier alpha value is -0.560. The van der Waals surface area contributed by atoms with Crippen LogP contribution in [0.4, 0.5) is 5.69 Å². The van der Waals surface area contributed by atoms with Gasteiger partial charge in [-0.1, -0.05) is 0 Å². The summed E-state index contributed by atoms with van der Waals surface area (Å²) >= 11 is 3.36. The first kappa shape index (κ1) is 13.4. The standard InChI is InChI=1S/C13H18N2O2S2/c1-8(14-6-13(7-16)2-3-13)10-4-9-12(19-10)18-5-11(17)15-9/h4,8,14,16H,2-3,5-7H2,1H3,(H,15,17). The molecule has 4 nitrogen and oxygen atoms in total. The summed E-state index contributed by atoms with van der Waals surface area (Å²) in [6.07, 6.45) is 2.24. The molecule has 3 rings (SSSR count). The second-order valence-corrected chi connectivity index (χ2v) is 7.78. The van der Waals surface area contributed by atoms with Gasteiger partial charge in [-0.25, -0.2) is 0 Å². The first-order valence-corrected chi connectivity index (χ1v) is 8.33. The lowest BCUT2D eigenvalue weighted by molar-refractivity contribution is -0.113. The average Bonchev–Trinajstić information content (AvgIpc) is 3.07. The number of thiophene rings is 1. The molecule has 1 aromatic rings. The number of anilines is 1. The molecule has 3 N–H and O–H groups in total. The lowest BCUT2D eigenvalue weighted by atomic mass is 10.1. The molecule has 1 amide bonds. The van der Waals surface area contributed by atoms with E-state index in [1.165, 1.54) is 9.09 Å². The van der Waals surface area contributed by atoms with Crippen LogP contribution in [0.3, 0.4) is 0 Å². The van der Waals surface area contributed by atoms with Crippen LogP contribution >= 0.6 is 23.1 Å². The molecule has 1 aliphatic heterocycles. The summed E-state index contributed by atoms with van der Waals surface area (Å²) in [7, 11) is 0. The Morgan fingerprint density at radius 1 is 1.58 bits per heavy atom. The highest BCUT2D eigenvalue weighted by Crippen LogP contribution is 2.45. The Balaban J connectivity index is 1.64. The number of aliphatic hydroxyl groups excluding tert-OH is 1. The Bertz CT molecular complexity index is 497. The molecular weight excluding hydrogens is 280 g/mol. The number of hydrogen-bond acceptors (Lipinski definition) is 5. The predicted octanol–water partition coefficient (Wildman–Crippen LogP) is 2.22. The fourth-order valence-corrected chi connectivity index (χ4v) is 4.33. The second-order valence-electron chi connectivity index (χ2n) is 5.45. The minimum absolute atomic E-state index is 0.0830. The van der Waals surface area contributed by atoms with Crippen LogP contribution in [0.5, 0.6) is 0 Å². The van der Waals surface area contributed by atoms with Gasteiger partial charge in [-0.05, 0) is 25.8 Å². The number of fused-ring (bicyclic) bond motifs is 1. The van der Waals surface area contributed by atoms with E-state index in [1.54, 1.807) is 23.1 Å². The van der Waals surface area contributed by atoms with Gasteiger partial charge in [0.05, 0.1) is 15.6 Å². The molecule has 1 saturated carbocycles. The number of hydrogen-bond donors (Lipinski definition) is 3. The molecule has 1 aliphatic carbocycles.